The average Bonchev–Trinajstić information content (AvgIpc) is 2.70. The zero-order chi connectivity index (χ0) is 14.5. The van der Waals surface area contributed by atoms with Gasteiger partial charge in [0.05, 0.1) is 11.0 Å². The second-order valence-corrected chi connectivity index (χ2v) is 4.69. The molecule has 1 heterocycles. The summed E-state index contributed by atoms with van der Waals surface area (Å²) in [7, 11) is 3.58. The summed E-state index contributed by atoms with van der Waals surface area (Å²) in [5.74, 6) is -0.0416. The van der Waals surface area contributed by atoms with E-state index in [1.54, 1.807) is 16.2 Å². The van der Waals surface area contributed by atoms with Crippen LogP contribution in [0.2, 0.25) is 0 Å². The van der Waals surface area contributed by atoms with Gasteiger partial charge in [-0.15, -0.1) is 12.4 Å². The number of benzene rings is 1. The molecule has 0 fully saturated rings. The van der Waals surface area contributed by atoms with E-state index in [0.29, 0.717) is 19.5 Å². The number of carbonyl (C=O) groups excluding carboxylic acids is 1. The first-order valence-electron chi connectivity index (χ1n) is 6.70. The summed E-state index contributed by atoms with van der Waals surface area (Å²) in [6.07, 6.45) is 0.303. The van der Waals surface area contributed by atoms with Crippen LogP contribution in [0.4, 0.5) is 0 Å². The summed E-state index contributed by atoms with van der Waals surface area (Å²) in [6.45, 7) is 1.73. The highest BCUT2D eigenvalue weighted by molar-refractivity contribution is 5.85. The number of halogens is 1. The Morgan fingerprint density at radius 2 is 1.86 bits per heavy atom. The third kappa shape index (κ3) is 3.86. The van der Waals surface area contributed by atoms with Crippen LogP contribution in [0.1, 0.15) is 6.42 Å². The Kier molecular flexibility index (Phi) is 6.45. The van der Waals surface area contributed by atoms with Crippen LogP contribution in [0.15, 0.2) is 29.1 Å². The molecule has 0 aliphatic heterocycles. The molecule has 1 aromatic heterocycles. The van der Waals surface area contributed by atoms with Gasteiger partial charge in [-0.05, 0) is 19.2 Å². The molecule has 0 unspecified atom stereocenters. The van der Waals surface area contributed by atoms with E-state index in [-0.39, 0.29) is 24.0 Å². The van der Waals surface area contributed by atoms with Crippen molar-refractivity contribution >= 4 is 29.3 Å². The van der Waals surface area contributed by atoms with E-state index in [9.17, 15) is 9.59 Å². The van der Waals surface area contributed by atoms with Crippen molar-refractivity contribution in [3.8, 4) is 0 Å². The summed E-state index contributed by atoms with van der Waals surface area (Å²) >= 11 is 0. The number of carbonyl (C=O) groups is 1. The molecule has 0 spiro atoms. The molecule has 0 aliphatic rings. The fourth-order valence-electron chi connectivity index (χ4n) is 2.21. The number of rotatable bonds is 6. The Balaban J connectivity index is 0.00000220. The molecule has 0 saturated carbocycles. The fourth-order valence-corrected chi connectivity index (χ4v) is 2.21. The van der Waals surface area contributed by atoms with Crippen LogP contribution in [-0.4, -0.2) is 35.2 Å². The minimum Gasteiger partial charge on any atom is -0.355 e. The molecule has 2 aromatic rings. The molecule has 0 saturated heterocycles. The van der Waals surface area contributed by atoms with Gasteiger partial charge in [0, 0.05) is 33.1 Å². The van der Waals surface area contributed by atoms with Crippen molar-refractivity contribution in [1.82, 2.24) is 19.8 Å². The lowest BCUT2D eigenvalue weighted by atomic mass is 10.3. The molecular weight excluding hydrogens is 292 g/mol. The monoisotopic (exact) mass is 312 g/mol. The number of likely N-dealkylation sites (N-methyl/N-ethyl adjacent to an activating group) is 1. The number of hydrogen-bond donors (Lipinski definition) is 2. The van der Waals surface area contributed by atoms with Crippen LogP contribution < -0.4 is 16.3 Å². The molecule has 21 heavy (non-hydrogen) atoms. The van der Waals surface area contributed by atoms with Crippen LogP contribution in [0.25, 0.3) is 11.0 Å². The van der Waals surface area contributed by atoms with Crippen molar-refractivity contribution in [1.29, 1.82) is 0 Å². The van der Waals surface area contributed by atoms with Gasteiger partial charge < -0.3 is 10.6 Å². The molecule has 7 heteroatoms. The van der Waals surface area contributed by atoms with Gasteiger partial charge in [0.25, 0.3) is 0 Å². The van der Waals surface area contributed by atoms with E-state index in [1.165, 1.54) is 0 Å². The van der Waals surface area contributed by atoms with Crippen LogP contribution in [-0.2, 0) is 18.4 Å². The Hall–Kier alpha value is -1.79. The quantitative estimate of drug-likeness (QED) is 0.763. The van der Waals surface area contributed by atoms with E-state index >= 15 is 0 Å². The first-order valence-corrected chi connectivity index (χ1v) is 6.70. The highest BCUT2D eigenvalue weighted by atomic mass is 35.5. The molecule has 0 aliphatic carbocycles. The Morgan fingerprint density at radius 3 is 2.52 bits per heavy atom. The van der Waals surface area contributed by atoms with Crippen molar-refractivity contribution in [2.45, 2.75) is 13.0 Å². The highest BCUT2D eigenvalue weighted by Crippen LogP contribution is 2.11. The second-order valence-electron chi connectivity index (χ2n) is 4.69. The maximum atomic E-state index is 12.1. The van der Waals surface area contributed by atoms with E-state index in [1.807, 2.05) is 31.3 Å². The molecule has 6 nitrogen and oxygen atoms in total. The Bertz CT molecular complexity index is 663. The Labute approximate surface area is 129 Å². The molecule has 1 aromatic carbocycles. The molecule has 0 radical (unpaired) electrons. The largest absolute Gasteiger partial charge is 0.355 e. The van der Waals surface area contributed by atoms with Crippen molar-refractivity contribution in [2.75, 3.05) is 20.1 Å². The van der Waals surface area contributed by atoms with Crippen LogP contribution in [0.5, 0.6) is 0 Å². The van der Waals surface area contributed by atoms with Crippen LogP contribution in [0.3, 0.4) is 0 Å². The van der Waals surface area contributed by atoms with Crippen LogP contribution in [0, 0.1) is 0 Å². The normalized spacial score (nSPS) is 10.4. The van der Waals surface area contributed by atoms with Crippen molar-refractivity contribution in [2.24, 2.45) is 7.05 Å². The van der Waals surface area contributed by atoms with E-state index in [2.05, 4.69) is 10.6 Å². The number of amides is 1. The summed E-state index contributed by atoms with van der Waals surface area (Å²) in [5.41, 5.74) is 1.66. The maximum Gasteiger partial charge on any atom is 0.328 e. The number of aryl methyl sites for hydroxylation is 2. The van der Waals surface area contributed by atoms with Gasteiger partial charge in [0.2, 0.25) is 5.91 Å². The Morgan fingerprint density at radius 1 is 1.19 bits per heavy atom. The molecule has 116 valence electrons. The predicted octanol–water partition coefficient (Wildman–Crippen LogP) is 0.488. The van der Waals surface area contributed by atoms with Crippen molar-refractivity contribution in [3.05, 3.63) is 34.7 Å². The highest BCUT2D eigenvalue weighted by Gasteiger charge is 2.10. The molecule has 2 rings (SSSR count). The average molecular weight is 313 g/mol. The van der Waals surface area contributed by atoms with Gasteiger partial charge in [0.1, 0.15) is 0 Å². The van der Waals surface area contributed by atoms with Gasteiger partial charge >= 0.3 is 5.69 Å². The van der Waals surface area contributed by atoms with Crippen molar-refractivity contribution < 1.29 is 4.79 Å². The second kappa shape index (κ2) is 7.85. The topological polar surface area (TPSA) is 68.1 Å². The van der Waals surface area contributed by atoms with E-state index in [4.69, 9.17) is 0 Å². The lowest BCUT2D eigenvalue weighted by molar-refractivity contribution is -0.121. The summed E-state index contributed by atoms with van der Waals surface area (Å²) in [4.78, 5) is 23.8. The summed E-state index contributed by atoms with van der Waals surface area (Å²) < 4.78 is 3.25. The third-order valence-corrected chi connectivity index (χ3v) is 3.31. The number of nitrogens with one attached hydrogen (secondary N) is 2. The van der Waals surface area contributed by atoms with Gasteiger partial charge in [-0.1, -0.05) is 12.1 Å². The predicted molar refractivity (Wildman–Crippen MR) is 86.0 cm³/mol. The number of hydrogen-bond acceptors (Lipinski definition) is 3. The fraction of sp³-hybridized carbons (Fsp3) is 0.429. The van der Waals surface area contributed by atoms with Gasteiger partial charge in [0.15, 0.2) is 0 Å². The zero-order valence-corrected chi connectivity index (χ0v) is 13.1. The smallest absolute Gasteiger partial charge is 0.328 e. The maximum absolute atomic E-state index is 12.1. The SMILES string of the molecule is CNCCNC(=O)CCn1c(=O)n(C)c2ccccc21.Cl. The lowest BCUT2D eigenvalue weighted by Gasteiger charge is -2.05. The zero-order valence-electron chi connectivity index (χ0n) is 12.3. The van der Waals surface area contributed by atoms with Gasteiger partial charge in [-0.3, -0.25) is 13.9 Å². The minimum absolute atomic E-state index is 0. The lowest BCUT2D eigenvalue weighted by Crippen LogP contribution is -2.32. The first kappa shape index (κ1) is 17.3. The number of para-hydroxylation sites is 2. The molecular formula is C14H21ClN4O2. The number of imidazole rings is 1. The number of aromatic nitrogens is 2. The molecule has 0 atom stereocenters. The third-order valence-electron chi connectivity index (χ3n) is 3.31. The minimum atomic E-state index is -0.0887. The van der Waals surface area contributed by atoms with Gasteiger partial charge in [-0.2, -0.15) is 0 Å². The molecule has 0 bridgehead atoms. The summed E-state index contributed by atoms with van der Waals surface area (Å²) in [6, 6.07) is 7.59. The van der Waals surface area contributed by atoms with E-state index < -0.39 is 0 Å². The van der Waals surface area contributed by atoms with Crippen LogP contribution >= 0.6 is 12.4 Å². The summed E-state index contributed by atoms with van der Waals surface area (Å²) in [5, 5.41) is 5.76. The van der Waals surface area contributed by atoms with Crippen molar-refractivity contribution in [3.63, 3.8) is 0 Å². The molecule has 2 N–H and O–H groups in total. The number of nitrogens with zero attached hydrogens (tertiary/aromatic N) is 2. The standard InChI is InChI=1S/C14H20N4O2.ClH/c1-15-8-9-16-13(19)7-10-18-12-6-4-3-5-11(12)17(2)14(18)20;/h3-6,15H,7-10H2,1-2H3,(H,16,19);1H. The van der Waals surface area contributed by atoms with Gasteiger partial charge in [-0.25, -0.2) is 4.79 Å². The van der Waals surface area contributed by atoms with E-state index in [0.717, 1.165) is 17.6 Å². The number of fused-ring (bicyclic) bond motifs is 1. The molecule has 1 amide bonds. The first-order chi connectivity index (χ1) is 9.65.